The fourth-order valence-corrected chi connectivity index (χ4v) is 10.5. The molecule has 0 bridgehead atoms. The van der Waals surface area contributed by atoms with Gasteiger partial charge in [-0.15, -0.1) is 0 Å². The Hall–Kier alpha value is -6.16. The molecule has 4 N–H and O–H groups in total. The molecule has 0 aliphatic carbocycles. The third kappa shape index (κ3) is 9.54. The van der Waals surface area contributed by atoms with Crippen molar-refractivity contribution in [1.29, 1.82) is 0 Å². The zero-order chi connectivity index (χ0) is 47.8. The normalized spacial score (nSPS) is 20.9. The minimum atomic E-state index is -0.806. The molecular weight excluding hydrogens is 853 g/mol. The summed E-state index contributed by atoms with van der Waals surface area (Å²) < 4.78 is 22.3. The molecule has 0 saturated carbocycles. The second-order valence-corrected chi connectivity index (χ2v) is 19.4. The Morgan fingerprint density at radius 3 is 2.31 bits per heavy atom. The number of nitrogens with zero attached hydrogens (tertiary/aromatic N) is 4. The van der Waals surface area contributed by atoms with Crippen LogP contribution in [0.15, 0.2) is 48.7 Å². The summed E-state index contributed by atoms with van der Waals surface area (Å²) >= 11 is 0. The van der Waals surface area contributed by atoms with Gasteiger partial charge in [-0.1, -0.05) is 52.3 Å². The van der Waals surface area contributed by atoms with Gasteiger partial charge in [-0.2, -0.15) is 0 Å². The Kier molecular flexibility index (Phi) is 13.8. The third-order valence-corrected chi connectivity index (χ3v) is 14.0. The lowest BCUT2D eigenvalue weighted by molar-refractivity contribution is -0.137. The van der Waals surface area contributed by atoms with Crippen LogP contribution in [-0.2, 0) is 30.4 Å². The number of nitrogens with one attached hydrogen (secondary N) is 4. The first-order valence-corrected chi connectivity index (χ1v) is 23.8. The Morgan fingerprint density at radius 1 is 0.866 bits per heavy atom. The molecule has 16 heteroatoms. The molecule has 0 spiro atoms. The highest BCUT2D eigenvalue weighted by Gasteiger charge is 2.43. The highest BCUT2D eigenvalue weighted by Crippen LogP contribution is 2.44. The molecule has 5 aromatic rings. The van der Waals surface area contributed by atoms with Gasteiger partial charge in [0.1, 0.15) is 36.1 Å². The van der Waals surface area contributed by atoms with E-state index in [1.807, 2.05) is 70.5 Å². The first-order valence-electron chi connectivity index (χ1n) is 23.8. The van der Waals surface area contributed by atoms with E-state index in [9.17, 15) is 19.2 Å². The van der Waals surface area contributed by atoms with Crippen LogP contribution in [0.3, 0.4) is 0 Å². The summed E-state index contributed by atoms with van der Waals surface area (Å²) in [7, 11) is 2.60. The maximum Gasteiger partial charge on any atom is 0.407 e. The molecule has 67 heavy (non-hydrogen) atoms. The van der Waals surface area contributed by atoms with Crippen molar-refractivity contribution in [2.45, 2.75) is 137 Å². The summed E-state index contributed by atoms with van der Waals surface area (Å²) in [6.45, 7) is 16.8. The lowest BCUT2D eigenvalue weighted by Crippen LogP contribution is -2.52. The van der Waals surface area contributed by atoms with Crippen molar-refractivity contribution in [3.8, 4) is 28.1 Å². The van der Waals surface area contributed by atoms with E-state index in [2.05, 4.69) is 63.9 Å². The van der Waals surface area contributed by atoms with Gasteiger partial charge < -0.3 is 49.3 Å². The van der Waals surface area contributed by atoms with Crippen LogP contribution >= 0.6 is 0 Å². The number of H-pyrrole nitrogens is 2. The van der Waals surface area contributed by atoms with Gasteiger partial charge in [-0.25, -0.2) is 19.6 Å². The number of ether oxygens (including phenoxy) is 4. The predicted molar refractivity (Wildman–Crippen MR) is 255 cm³/mol. The van der Waals surface area contributed by atoms with Crippen molar-refractivity contribution < 1.29 is 38.1 Å². The van der Waals surface area contributed by atoms with Gasteiger partial charge in [0, 0.05) is 23.5 Å². The summed E-state index contributed by atoms with van der Waals surface area (Å²) in [5.74, 6) is 1.78. The number of hydrogen-bond acceptors (Lipinski definition) is 10. The van der Waals surface area contributed by atoms with Crippen LogP contribution in [0.1, 0.15) is 117 Å². The number of aromatic amines is 2. The van der Waals surface area contributed by atoms with Gasteiger partial charge in [-0.05, 0) is 117 Å². The van der Waals surface area contributed by atoms with E-state index >= 15 is 0 Å². The van der Waals surface area contributed by atoms with Crippen molar-refractivity contribution >= 4 is 45.8 Å². The lowest BCUT2D eigenvalue weighted by Gasteiger charge is -2.32. The number of hydrogen-bond donors (Lipinski definition) is 4. The number of aromatic nitrogens is 4. The molecular formula is C51H66N8O8. The van der Waals surface area contributed by atoms with E-state index in [0.717, 1.165) is 81.2 Å². The topological polar surface area (TPSA) is 193 Å². The Labute approximate surface area is 392 Å². The van der Waals surface area contributed by atoms with Crippen LogP contribution in [0.4, 0.5) is 9.59 Å². The van der Waals surface area contributed by atoms with Crippen LogP contribution in [0.2, 0.25) is 0 Å². The van der Waals surface area contributed by atoms with Crippen LogP contribution < -0.4 is 15.4 Å². The van der Waals surface area contributed by atoms with Crippen molar-refractivity contribution in [3.05, 3.63) is 65.9 Å². The number of imidazole rings is 2. The Balaban J connectivity index is 1.04. The fraction of sp³-hybridized carbons (Fsp3) is 0.529. The molecule has 358 valence electrons. The molecule has 2 aromatic heterocycles. The van der Waals surface area contributed by atoms with Crippen molar-refractivity contribution in [2.75, 3.05) is 20.8 Å². The number of carbonyl (C=O) groups is 4. The molecule has 2 fully saturated rings. The van der Waals surface area contributed by atoms with Crippen LogP contribution in [0, 0.1) is 17.8 Å². The molecule has 0 radical (unpaired) electrons. The number of alkyl carbamates (subject to hydrolysis) is 2. The first-order chi connectivity index (χ1) is 32.1. The highest BCUT2D eigenvalue weighted by molar-refractivity contribution is 6.07. The third-order valence-electron chi connectivity index (χ3n) is 14.0. The number of carbonyl (C=O) groups excluding carboxylic acids is 4. The Morgan fingerprint density at radius 2 is 1.61 bits per heavy atom. The largest absolute Gasteiger partial charge is 0.488 e. The maximum atomic E-state index is 14.6. The smallest absolute Gasteiger partial charge is 0.407 e. The number of amides is 4. The molecule has 8 atom stereocenters. The summed E-state index contributed by atoms with van der Waals surface area (Å²) in [5.41, 5.74) is 6.56. The summed E-state index contributed by atoms with van der Waals surface area (Å²) in [6.07, 6.45) is 4.27. The van der Waals surface area contributed by atoms with E-state index in [4.69, 9.17) is 28.9 Å². The minimum Gasteiger partial charge on any atom is -0.488 e. The van der Waals surface area contributed by atoms with Gasteiger partial charge in [0.15, 0.2) is 0 Å². The van der Waals surface area contributed by atoms with Gasteiger partial charge in [0.05, 0.1) is 61.4 Å². The number of methoxy groups -OCH3 is 2. The fourth-order valence-electron chi connectivity index (χ4n) is 10.5. The van der Waals surface area contributed by atoms with E-state index in [-0.39, 0.29) is 59.9 Å². The van der Waals surface area contributed by atoms with E-state index in [0.29, 0.717) is 31.2 Å². The zero-order valence-electron chi connectivity index (χ0n) is 40.4. The first kappa shape index (κ1) is 47.3. The van der Waals surface area contributed by atoms with Crippen LogP contribution in [-0.4, -0.2) is 105 Å². The molecule has 4 amide bonds. The lowest BCUT2D eigenvalue weighted by atomic mass is 9.92. The molecule has 3 aromatic carbocycles. The SMILES string of the molecule is CC[C@H]1C[C@@H](c2nc3c(ccc4cc5c(cc43)OCc3cc(-c4cnc([C@@H]6CC[C@H](C)N6C(=O)[C@@H](NC(=O)OC)C(C)C)[nH]4)ccc3-5)[nH]2)N(C(=O)[C@@H](NC(=O)OC)C(C)C[C@@H](C)OC(C)C)C1. The van der Waals surface area contributed by atoms with Crippen LogP contribution in [0.25, 0.3) is 44.2 Å². The molecule has 3 aliphatic heterocycles. The predicted octanol–water partition coefficient (Wildman–Crippen LogP) is 8.96. The minimum absolute atomic E-state index is 0.0214. The number of benzene rings is 3. The molecule has 8 rings (SSSR count). The maximum absolute atomic E-state index is 14.6. The number of likely N-dealkylation sites (tertiary alicyclic amines) is 2. The van der Waals surface area contributed by atoms with Crippen molar-refractivity contribution in [3.63, 3.8) is 0 Å². The molecule has 2 saturated heterocycles. The second-order valence-electron chi connectivity index (χ2n) is 19.4. The monoisotopic (exact) mass is 919 g/mol. The van der Waals surface area contributed by atoms with Crippen LogP contribution in [0.5, 0.6) is 5.75 Å². The molecule has 3 aliphatic rings. The van der Waals surface area contributed by atoms with Gasteiger partial charge >= 0.3 is 12.2 Å². The average Bonchev–Trinajstić information content (AvgIpc) is 4.14. The summed E-state index contributed by atoms with van der Waals surface area (Å²) in [5, 5.41) is 7.54. The quantitative estimate of drug-likeness (QED) is 0.0836. The van der Waals surface area contributed by atoms with Crippen molar-refractivity contribution in [1.82, 2.24) is 40.4 Å². The second kappa shape index (κ2) is 19.6. The van der Waals surface area contributed by atoms with Gasteiger partial charge in [0.25, 0.3) is 0 Å². The van der Waals surface area contributed by atoms with Crippen molar-refractivity contribution in [2.24, 2.45) is 17.8 Å². The van der Waals surface area contributed by atoms with Gasteiger partial charge in [0.2, 0.25) is 11.8 Å². The number of fused-ring (bicyclic) bond motifs is 6. The Bertz CT molecular complexity index is 2640. The van der Waals surface area contributed by atoms with E-state index in [1.165, 1.54) is 14.2 Å². The highest BCUT2D eigenvalue weighted by atomic mass is 16.5. The number of rotatable bonds is 14. The van der Waals surface area contributed by atoms with E-state index < -0.39 is 24.3 Å². The average molecular weight is 919 g/mol. The molecule has 1 unspecified atom stereocenters. The zero-order valence-corrected chi connectivity index (χ0v) is 40.4. The van der Waals surface area contributed by atoms with Gasteiger partial charge in [-0.3, -0.25) is 9.59 Å². The molecule has 5 heterocycles. The summed E-state index contributed by atoms with van der Waals surface area (Å²) in [4.78, 5) is 74.1. The van der Waals surface area contributed by atoms with E-state index in [1.54, 1.807) is 0 Å². The molecule has 16 nitrogen and oxygen atoms in total. The summed E-state index contributed by atoms with van der Waals surface area (Å²) in [6, 6.07) is 12.6. The standard InChI is InChI=1S/C51H66N8O8/c1-11-31-19-41(58(24-31)48(60)44(57-51(63)65-10)28(6)18-30(8)67-27(4)5)47-53-38-16-14-32-21-37-35-15-13-33(20-34(35)25-66-42(37)22-36(32)45(38)55-47)39-23-52-46(54-39)40-17-12-29(7)59(40)49(61)43(26(2)3)56-50(62)64-9/h13-16,20-23,26-31,40-41,43-44H,11-12,17-19,24-25H2,1-10H3,(H,52,54)(H,53,55)(H,56,62)(H,57,63)/t28?,29-,30+,31-,40-,41-,43-,44-/m0/s1.